The number of amides is 2. The molecule has 228 valence electrons. The fraction of sp³-hybridized carbons (Fsp3) is 0.206. The minimum absolute atomic E-state index is 0.00634. The van der Waals surface area contributed by atoms with E-state index in [0.717, 1.165) is 23.8 Å². The number of carboxylic acid groups (broad SMARTS) is 1. The number of aliphatic carboxylic acids is 1. The van der Waals surface area contributed by atoms with Crippen molar-refractivity contribution in [2.75, 3.05) is 27.3 Å². The lowest BCUT2D eigenvalue weighted by atomic mass is 9.94. The largest absolute Gasteiger partial charge is 0.497 e. The lowest BCUT2D eigenvalue weighted by Crippen LogP contribution is -2.35. The Kier molecular flexibility index (Phi) is 10.6. The Morgan fingerprint density at radius 2 is 1.48 bits per heavy atom. The summed E-state index contributed by atoms with van der Waals surface area (Å²) in [5.41, 5.74) is 2.17. The highest BCUT2D eigenvalue weighted by Gasteiger charge is 2.23. The molecular weight excluding hydrogens is 570 g/mol. The normalized spacial score (nSPS) is 10.6. The maximum atomic E-state index is 14.1. The molecule has 4 aromatic rings. The van der Waals surface area contributed by atoms with E-state index < -0.39 is 29.4 Å². The first-order chi connectivity index (χ1) is 21.2. The van der Waals surface area contributed by atoms with Crippen LogP contribution in [0.4, 0.5) is 8.78 Å². The van der Waals surface area contributed by atoms with Crippen LogP contribution in [0.25, 0.3) is 11.1 Å². The van der Waals surface area contributed by atoms with E-state index in [0.29, 0.717) is 29.0 Å². The van der Waals surface area contributed by atoms with Crippen LogP contribution in [0.15, 0.2) is 84.9 Å². The number of hydrogen-bond acceptors (Lipinski definition) is 5. The molecule has 0 atom stereocenters. The predicted octanol–water partition coefficient (Wildman–Crippen LogP) is 5.74. The van der Waals surface area contributed by atoms with Crippen molar-refractivity contribution in [1.82, 2.24) is 10.2 Å². The molecule has 0 radical (unpaired) electrons. The summed E-state index contributed by atoms with van der Waals surface area (Å²) >= 11 is 0. The summed E-state index contributed by atoms with van der Waals surface area (Å²) in [6.45, 7) is -0.102. The third kappa shape index (κ3) is 7.77. The van der Waals surface area contributed by atoms with Crippen molar-refractivity contribution in [1.29, 1.82) is 0 Å². The van der Waals surface area contributed by atoms with Crippen LogP contribution in [0.3, 0.4) is 0 Å². The van der Waals surface area contributed by atoms with Crippen LogP contribution >= 0.6 is 0 Å². The topological polar surface area (TPSA) is 105 Å². The van der Waals surface area contributed by atoms with Gasteiger partial charge in [0.1, 0.15) is 23.1 Å². The molecule has 0 saturated heterocycles. The Hall–Kier alpha value is -5.25. The lowest BCUT2D eigenvalue weighted by molar-refractivity contribution is -0.137. The standard InChI is InChI=1S/C34H32F2N2O6/c1-43-25-12-14-31(44-2)22(20-25)15-17-38(18-16-32(39)40)34(42)29-10-6-4-8-27(29)26-7-3-5-9-28(26)33(41)37-21-23-19-24(35)11-13-30(23)36/h3-14,19-20H,15-18,21H2,1-2H3,(H,37,41)(H,39,40). The van der Waals surface area contributed by atoms with Gasteiger partial charge in [-0.2, -0.15) is 0 Å². The quantitative estimate of drug-likeness (QED) is 0.202. The van der Waals surface area contributed by atoms with Gasteiger partial charge in [0.2, 0.25) is 0 Å². The molecule has 0 aromatic heterocycles. The highest BCUT2D eigenvalue weighted by atomic mass is 19.1. The van der Waals surface area contributed by atoms with E-state index in [1.807, 2.05) is 0 Å². The van der Waals surface area contributed by atoms with Crippen LogP contribution in [0.1, 0.15) is 38.3 Å². The molecule has 0 unspecified atom stereocenters. The summed E-state index contributed by atoms with van der Waals surface area (Å²) in [6.07, 6.45) is 0.0995. The number of carbonyl (C=O) groups excluding carboxylic acids is 2. The third-order valence-corrected chi connectivity index (χ3v) is 7.09. The van der Waals surface area contributed by atoms with Crippen molar-refractivity contribution >= 4 is 17.8 Å². The Labute approximate surface area is 253 Å². The van der Waals surface area contributed by atoms with Gasteiger partial charge >= 0.3 is 5.97 Å². The SMILES string of the molecule is COc1ccc(OC)c(CCN(CCC(=O)O)C(=O)c2ccccc2-c2ccccc2C(=O)NCc2cc(F)ccc2F)c1. The van der Waals surface area contributed by atoms with E-state index in [1.165, 1.54) is 12.0 Å². The molecule has 0 bridgehead atoms. The summed E-state index contributed by atoms with van der Waals surface area (Å²) in [7, 11) is 3.08. The van der Waals surface area contributed by atoms with Crippen molar-refractivity contribution in [2.24, 2.45) is 0 Å². The minimum atomic E-state index is -1.05. The summed E-state index contributed by atoms with van der Waals surface area (Å²) in [5, 5.41) is 12.0. The number of carboxylic acids is 1. The first-order valence-electron chi connectivity index (χ1n) is 13.8. The Morgan fingerprint density at radius 1 is 0.795 bits per heavy atom. The van der Waals surface area contributed by atoms with E-state index in [4.69, 9.17) is 9.47 Å². The summed E-state index contributed by atoms with van der Waals surface area (Å²) in [5.74, 6) is -2.06. The number of nitrogens with zero attached hydrogens (tertiary/aromatic N) is 1. The molecule has 44 heavy (non-hydrogen) atoms. The van der Waals surface area contributed by atoms with Crippen molar-refractivity contribution in [3.05, 3.63) is 119 Å². The monoisotopic (exact) mass is 602 g/mol. The number of carbonyl (C=O) groups is 3. The molecule has 2 N–H and O–H groups in total. The van der Waals surface area contributed by atoms with Crippen LogP contribution in [-0.4, -0.2) is 55.1 Å². The molecule has 8 nitrogen and oxygen atoms in total. The van der Waals surface area contributed by atoms with Gasteiger partial charge < -0.3 is 24.8 Å². The molecular formula is C34H32F2N2O6. The molecule has 2 amide bonds. The van der Waals surface area contributed by atoms with Crippen molar-refractivity contribution in [2.45, 2.75) is 19.4 Å². The number of rotatable bonds is 13. The Bertz CT molecular complexity index is 1660. The molecule has 0 saturated carbocycles. The number of ether oxygens (including phenoxy) is 2. The summed E-state index contributed by atoms with van der Waals surface area (Å²) in [4.78, 5) is 40.2. The van der Waals surface area contributed by atoms with Crippen molar-refractivity contribution in [3.8, 4) is 22.6 Å². The summed E-state index contributed by atoms with van der Waals surface area (Å²) in [6, 6.07) is 21.7. The van der Waals surface area contributed by atoms with Crippen LogP contribution < -0.4 is 14.8 Å². The molecule has 0 aliphatic heterocycles. The predicted molar refractivity (Wildman–Crippen MR) is 161 cm³/mol. The van der Waals surface area contributed by atoms with Gasteiger partial charge in [0.25, 0.3) is 11.8 Å². The summed E-state index contributed by atoms with van der Waals surface area (Å²) < 4.78 is 38.6. The molecule has 4 aromatic carbocycles. The van der Waals surface area contributed by atoms with Crippen LogP contribution in [0, 0.1) is 11.6 Å². The van der Waals surface area contributed by atoms with Gasteiger partial charge in [-0.25, -0.2) is 8.78 Å². The minimum Gasteiger partial charge on any atom is -0.497 e. The zero-order chi connectivity index (χ0) is 31.6. The number of hydrogen-bond donors (Lipinski definition) is 2. The van der Waals surface area contributed by atoms with Crippen LogP contribution in [0.2, 0.25) is 0 Å². The van der Waals surface area contributed by atoms with Gasteiger partial charge in [0.15, 0.2) is 0 Å². The van der Waals surface area contributed by atoms with Gasteiger partial charge in [-0.3, -0.25) is 14.4 Å². The molecule has 0 fully saturated rings. The smallest absolute Gasteiger partial charge is 0.305 e. The fourth-order valence-electron chi connectivity index (χ4n) is 4.82. The second-order valence-corrected chi connectivity index (χ2v) is 9.87. The first-order valence-corrected chi connectivity index (χ1v) is 13.8. The maximum absolute atomic E-state index is 14.1. The van der Waals surface area contributed by atoms with Gasteiger partial charge in [0.05, 0.1) is 20.6 Å². The number of benzene rings is 4. The van der Waals surface area contributed by atoms with Crippen molar-refractivity contribution in [3.63, 3.8) is 0 Å². The molecule has 10 heteroatoms. The molecule has 0 heterocycles. The average Bonchev–Trinajstić information content (AvgIpc) is 3.04. The average molecular weight is 603 g/mol. The third-order valence-electron chi connectivity index (χ3n) is 7.09. The molecule has 0 aliphatic rings. The lowest BCUT2D eigenvalue weighted by Gasteiger charge is -2.24. The van der Waals surface area contributed by atoms with Gasteiger partial charge in [-0.1, -0.05) is 36.4 Å². The van der Waals surface area contributed by atoms with E-state index in [9.17, 15) is 28.3 Å². The van der Waals surface area contributed by atoms with Gasteiger partial charge in [0, 0.05) is 36.3 Å². The molecule has 0 spiro atoms. The number of halogens is 2. The van der Waals surface area contributed by atoms with E-state index >= 15 is 0 Å². The Balaban J connectivity index is 1.63. The number of methoxy groups -OCH3 is 2. The fourth-order valence-corrected chi connectivity index (χ4v) is 4.82. The molecule has 0 aliphatic carbocycles. The van der Waals surface area contributed by atoms with E-state index in [2.05, 4.69) is 5.32 Å². The second-order valence-electron chi connectivity index (χ2n) is 9.87. The van der Waals surface area contributed by atoms with Gasteiger partial charge in [-0.05, 0) is 71.6 Å². The van der Waals surface area contributed by atoms with E-state index in [1.54, 1.807) is 73.8 Å². The van der Waals surface area contributed by atoms with Crippen LogP contribution in [0.5, 0.6) is 11.5 Å². The maximum Gasteiger partial charge on any atom is 0.305 e. The molecule has 4 rings (SSSR count). The van der Waals surface area contributed by atoms with E-state index in [-0.39, 0.29) is 42.7 Å². The second kappa shape index (κ2) is 14.8. The number of nitrogens with one attached hydrogen (secondary N) is 1. The highest BCUT2D eigenvalue weighted by Crippen LogP contribution is 2.29. The van der Waals surface area contributed by atoms with Gasteiger partial charge in [-0.15, -0.1) is 0 Å². The van der Waals surface area contributed by atoms with Crippen LogP contribution in [-0.2, 0) is 17.8 Å². The van der Waals surface area contributed by atoms with Crippen molar-refractivity contribution < 1.29 is 37.7 Å². The zero-order valence-corrected chi connectivity index (χ0v) is 24.3. The highest BCUT2D eigenvalue weighted by molar-refractivity contribution is 6.06. The zero-order valence-electron chi connectivity index (χ0n) is 24.3. The first kappa shape index (κ1) is 31.7. The Morgan fingerprint density at radius 3 is 2.16 bits per heavy atom.